The van der Waals surface area contributed by atoms with Gasteiger partial charge < -0.3 is 15.2 Å². The van der Waals surface area contributed by atoms with E-state index in [1.54, 1.807) is 4.57 Å². The molecule has 0 saturated carbocycles. The molecule has 5 rings (SSSR count). The minimum absolute atomic E-state index is 0.00117. The van der Waals surface area contributed by atoms with Crippen LogP contribution in [0.2, 0.25) is 5.02 Å². The predicted octanol–water partition coefficient (Wildman–Crippen LogP) is 4.09. The van der Waals surface area contributed by atoms with E-state index in [0.29, 0.717) is 5.56 Å². The molecular formula is C22H21BrClF3N6O2. The molecule has 1 aliphatic carbocycles. The van der Waals surface area contributed by atoms with E-state index in [1.165, 1.54) is 4.52 Å². The van der Waals surface area contributed by atoms with Gasteiger partial charge >= 0.3 is 6.18 Å². The number of carbonyl (C=O) groups is 1. The summed E-state index contributed by atoms with van der Waals surface area (Å²) in [7, 11) is 0. The average molecular weight is 574 g/mol. The van der Waals surface area contributed by atoms with E-state index in [9.17, 15) is 22.8 Å². The van der Waals surface area contributed by atoms with Gasteiger partial charge in [-0.2, -0.15) is 22.7 Å². The molecular weight excluding hydrogens is 553 g/mol. The van der Waals surface area contributed by atoms with Crippen molar-refractivity contribution in [3.8, 4) is 0 Å². The highest BCUT2D eigenvalue weighted by Crippen LogP contribution is 2.49. The number of hydrogen-bond acceptors (Lipinski definition) is 5. The van der Waals surface area contributed by atoms with E-state index in [-0.39, 0.29) is 44.7 Å². The van der Waals surface area contributed by atoms with Crippen LogP contribution in [-0.4, -0.2) is 38.2 Å². The molecule has 3 aromatic rings. The Hall–Kier alpha value is -2.44. The van der Waals surface area contributed by atoms with Crippen molar-refractivity contribution in [1.82, 2.24) is 24.5 Å². The van der Waals surface area contributed by atoms with E-state index >= 15 is 0 Å². The average Bonchev–Trinajstić information content (AvgIpc) is 3.30. The first kappa shape index (κ1) is 24.3. The highest BCUT2D eigenvalue weighted by molar-refractivity contribution is 9.10. The number of nitrogens with one attached hydrogen (secondary N) is 2. The number of hydrogen-bond donors (Lipinski definition) is 2. The topological polar surface area (TPSA) is 93.3 Å². The van der Waals surface area contributed by atoms with Gasteiger partial charge in [0.25, 0.3) is 5.56 Å². The van der Waals surface area contributed by atoms with Crippen LogP contribution in [0.3, 0.4) is 0 Å². The lowest BCUT2D eigenvalue weighted by atomic mass is 9.74. The number of amides is 1. The van der Waals surface area contributed by atoms with Gasteiger partial charge in [-0.15, -0.1) is 5.10 Å². The second kappa shape index (κ2) is 8.59. The van der Waals surface area contributed by atoms with Crippen LogP contribution in [0, 0.1) is 0 Å². The highest BCUT2D eigenvalue weighted by Gasteiger charge is 2.47. The van der Waals surface area contributed by atoms with E-state index in [1.807, 2.05) is 6.92 Å². The number of alkyl halides is 3. The highest BCUT2D eigenvalue weighted by atomic mass is 79.9. The molecule has 8 nitrogen and oxygen atoms in total. The number of benzene rings is 1. The van der Waals surface area contributed by atoms with Gasteiger partial charge in [0.2, 0.25) is 16.4 Å². The van der Waals surface area contributed by atoms with Crippen molar-refractivity contribution in [2.24, 2.45) is 0 Å². The van der Waals surface area contributed by atoms with Crippen LogP contribution < -0.4 is 16.2 Å². The van der Waals surface area contributed by atoms with Gasteiger partial charge in [-0.1, -0.05) is 18.5 Å². The molecule has 1 atom stereocenters. The molecule has 3 heterocycles. The van der Waals surface area contributed by atoms with Crippen molar-refractivity contribution in [3.05, 3.63) is 55.1 Å². The Kier molecular flexibility index (Phi) is 5.96. The maximum Gasteiger partial charge on any atom is 0.416 e. The Morgan fingerprint density at radius 2 is 2.06 bits per heavy atom. The first-order valence-electron chi connectivity index (χ1n) is 11.1. The standard InChI is InChI=1S/C22H21BrClF3N6O2/c1-11-9-21(4-6-28-7-5-21)16-17(11)32(20-30-19(23)31-33(20)18(16)35)10-15(34)29-14-3-2-12(8-13(14)24)22(25,26)27/h2-3,8,11,28H,4-7,9-10H2,1H3,(H,29,34). The number of piperidine rings is 1. The van der Waals surface area contributed by atoms with Crippen LogP contribution in [0.4, 0.5) is 18.9 Å². The summed E-state index contributed by atoms with van der Waals surface area (Å²) in [6.45, 7) is 3.39. The lowest BCUT2D eigenvalue weighted by molar-refractivity contribution is -0.137. The quantitative estimate of drug-likeness (QED) is 0.492. The Morgan fingerprint density at radius 3 is 2.71 bits per heavy atom. The van der Waals surface area contributed by atoms with Gasteiger partial charge in [0.1, 0.15) is 6.54 Å². The number of carbonyl (C=O) groups excluding carboxylic acids is 1. The molecule has 0 bridgehead atoms. The molecule has 186 valence electrons. The van der Waals surface area contributed by atoms with Gasteiger partial charge in [0, 0.05) is 16.7 Å². The third-order valence-electron chi connectivity index (χ3n) is 6.89. The summed E-state index contributed by atoms with van der Waals surface area (Å²) >= 11 is 9.24. The fourth-order valence-electron chi connectivity index (χ4n) is 5.49. The molecule has 1 aliphatic heterocycles. The Morgan fingerprint density at radius 1 is 1.34 bits per heavy atom. The van der Waals surface area contributed by atoms with Crippen LogP contribution in [0.25, 0.3) is 5.78 Å². The normalized spacial score (nSPS) is 19.3. The number of aromatic nitrogens is 4. The third-order valence-corrected chi connectivity index (χ3v) is 7.53. The zero-order valence-corrected chi connectivity index (χ0v) is 20.9. The molecule has 1 spiro atoms. The predicted molar refractivity (Wildman–Crippen MR) is 127 cm³/mol. The van der Waals surface area contributed by atoms with E-state index < -0.39 is 17.6 Å². The molecule has 1 unspecified atom stereocenters. The molecule has 1 fully saturated rings. The monoisotopic (exact) mass is 572 g/mol. The van der Waals surface area contributed by atoms with E-state index in [0.717, 1.165) is 56.2 Å². The van der Waals surface area contributed by atoms with Crippen LogP contribution in [0.1, 0.15) is 48.9 Å². The van der Waals surface area contributed by atoms with Crippen LogP contribution in [0.15, 0.2) is 27.7 Å². The van der Waals surface area contributed by atoms with Crippen molar-refractivity contribution in [2.45, 2.75) is 50.2 Å². The first-order chi connectivity index (χ1) is 16.5. The minimum atomic E-state index is -4.55. The lowest BCUT2D eigenvalue weighted by Crippen LogP contribution is -2.42. The maximum atomic E-state index is 13.5. The van der Waals surface area contributed by atoms with Gasteiger partial charge in [0.05, 0.1) is 16.3 Å². The molecule has 2 N–H and O–H groups in total. The van der Waals surface area contributed by atoms with Crippen molar-refractivity contribution >= 4 is 44.9 Å². The zero-order valence-electron chi connectivity index (χ0n) is 18.5. The summed E-state index contributed by atoms with van der Waals surface area (Å²) in [6.07, 6.45) is -2.17. The second-order valence-electron chi connectivity index (χ2n) is 9.12. The van der Waals surface area contributed by atoms with Crippen LogP contribution in [0.5, 0.6) is 0 Å². The number of fused-ring (bicyclic) bond motifs is 3. The number of rotatable bonds is 3. The molecule has 1 aromatic carbocycles. The van der Waals surface area contributed by atoms with Gasteiger partial charge in [0.15, 0.2) is 0 Å². The molecule has 0 radical (unpaired) electrons. The van der Waals surface area contributed by atoms with Gasteiger partial charge in [-0.05, 0) is 72.4 Å². The van der Waals surface area contributed by atoms with Crippen molar-refractivity contribution in [1.29, 1.82) is 0 Å². The Bertz CT molecular complexity index is 1400. The summed E-state index contributed by atoms with van der Waals surface area (Å²) < 4.78 is 42.0. The molecule has 1 saturated heterocycles. The number of anilines is 1. The summed E-state index contributed by atoms with van der Waals surface area (Å²) in [4.78, 5) is 30.9. The number of nitrogens with zero attached hydrogens (tertiary/aromatic N) is 4. The first-order valence-corrected chi connectivity index (χ1v) is 12.2. The Balaban J connectivity index is 1.55. The zero-order chi connectivity index (χ0) is 25.1. The molecule has 13 heteroatoms. The summed E-state index contributed by atoms with van der Waals surface area (Å²) in [5.41, 5.74) is 0.0222. The summed E-state index contributed by atoms with van der Waals surface area (Å²) in [5, 5.41) is 9.90. The van der Waals surface area contributed by atoms with Crippen molar-refractivity contribution < 1.29 is 18.0 Å². The van der Waals surface area contributed by atoms with Crippen LogP contribution in [-0.2, 0) is 22.9 Å². The maximum absolute atomic E-state index is 13.5. The third kappa shape index (κ3) is 4.15. The molecule has 2 aliphatic rings. The summed E-state index contributed by atoms with van der Waals surface area (Å²) in [5.74, 6) is -0.303. The molecule has 2 aromatic heterocycles. The smallest absolute Gasteiger partial charge is 0.323 e. The second-order valence-corrected chi connectivity index (χ2v) is 10.2. The van der Waals surface area contributed by atoms with Crippen molar-refractivity contribution in [2.75, 3.05) is 18.4 Å². The van der Waals surface area contributed by atoms with Gasteiger partial charge in [-0.25, -0.2) is 0 Å². The molecule has 1 amide bonds. The van der Waals surface area contributed by atoms with Gasteiger partial charge in [-0.3, -0.25) is 9.59 Å². The fourth-order valence-corrected chi connectivity index (χ4v) is 6.03. The summed E-state index contributed by atoms with van der Waals surface area (Å²) in [6, 6.07) is 2.75. The minimum Gasteiger partial charge on any atom is -0.323 e. The Labute approximate surface area is 211 Å². The van der Waals surface area contributed by atoms with Crippen LogP contribution >= 0.6 is 27.5 Å². The lowest BCUT2D eigenvalue weighted by Gasteiger charge is -2.34. The van der Waals surface area contributed by atoms with Crippen molar-refractivity contribution in [3.63, 3.8) is 0 Å². The number of halogens is 5. The van der Waals surface area contributed by atoms with E-state index in [4.69, 9.17) is 11.6 Å². The SMILES string of the molecule is CC1CC2(CCNCC2)c2c1n(CC(=O)Nc1ccc(C(F)(F)F)cc1Cl)c1nc(Br)nn1c2=O. The molecule has 35 heavy (non-hydrogen) atoms. The van der Waals surface area contributed by atoms with E-state index in [2.05, 4.69) is 36.6 Å². The fraction of sp³-hybridized carbons (Fsp3) is 0.455. The largest absolute Gasteiger partial charge is 0.416 e.